The molecule has 1 aromatic carbocycles. The molecule has 0 bridgehead atoms. The van der Waals surface area contributed by atoms with Crippen molar-refractivity contribution in [1.82, 2.24) is 5.32 Å². The van der Waals surface area contributed by atoms with Gasteiger partial charge in [0, 0.05) is 4.90 Å². The van der Waals surface area contributed by atoms with Crippen LogP contribution in [0.3, 0.4) is 0 Å². The Hall–Kier alpha value is -1.71. The maximum absolute atomic E-state index is 12.4. The van der Waals surface area contributed by atoms with Crippen molar-refractivity contribution in [1.29, 1.82) is 5.26 Å². The van der Waals surface area contributed by atoms with Crippen LogP contribution < -0.4 is 5.32 Å². The number of nitriles is 1. The summed E-state index contributed by atoms with van der Waals surface area (Å²) >= 11 is 7.54. The standard InChI is InChI=1S/C18H21ClN2O3S/c1-12(16(22)21-18(11-20)8-4-3-5-9-18)24-17(23)14-10-13(25-2)6-7-15(14)19/h6-7,10,12H,3-5,8-9H2,1-2H3,(H,21,22)/t12-/m1/s1. The lowest BCUT2D eigenvalue weighted by Crippen LogP contribution is -2.52. The first-order valence-electron chi connectivity index (χ1n) is 8.18. The number of ether oxygens (including phenoxy) is 1. The van der Waals surface area contributed by atoms with E-state index in [1.54, 1.807) is 18.2 Å². The number of halogens is 1. The largest absolute Gasteiger partial charge is 0.449 e. The maximum Gasteiger partial charge on any atom is 0.340 e. The molecule has 0 unspecified atom stereocenters. The molecule has 1 N–H and O–H groups in total. The first-order chi connectivity index (χ1) is 11.9. The Morgan fingerprint density at radius 3 is 2.64 bits per heavy atom. The van der Waals surface area contributed by atoms with Crippen molar-refractivity contribution in [3.8, 4) is 6.07 Å². The molecule has 1 fully saturated rings. The fourth-order valence-corrected chi connectivity index (χ4v) is 3.46. The van der Waals surface area contributed by atoms with Crippen molar-refractivity contribution < 1.29 is 14.3 Å². The van der Waals surface area contributed by atoms with Gasteiger partial charge in [-0.2, -0.15) is 5.26 Å². The third-order valence-corrected chi connectivity index (χ3v) is 5.39. The monoisotopic (exact) mass is 380 g/mol. The van der Waals surface area contributed by atoms with Gasteiger partial charge in [0.1, 0.15) is 5.54 Å². The molecule has 2 rings (SSSR count). The van der Waals surface area contributed by atoms with E-state index in [1.165, 1.54) is 18.7 Å². The average molecular weight is 381 g/mol. The zero-order chi connectivity index (χ0) is 18.4. The van der Waals surface area contributed by atoms with E-state index < -0.39 is 23.5 Å². The van der Waals surface area contributed by atoms with E-state index in [4.69, 9.17) is 16.3 Å². The molecule has 0 aliphatic heterocycles. The fourth-order valence-electron chi connectivity index (χ4n) is 2.82. The van der Waals surface area contributed by atoms with E-state index in [0.717, 1.165) is 24.2 Å². The Bertz CT molecular complexity index is 696. The maximum atomic E-state index is 12.4. The highest BCUT2D eigenvalue weighted by Crippen LogP contribution is 2.28. The van der Waals surface area contributed by atoms with Crippen LogP contribution >= 0.6 is 23.4 Å². The number of hydrogen-bond donors (Lipinski definition) is 1. The molecule has 0 saturated heterocycles. The third kappa shape index (κ3) is 4.90. The van der Waals surface area contributed by atoms with E-state index in [0.29, 0.717) is 12.8 Å². The zero-order valence-corrected chi connectivity index (χ0v) is 15.9. The zero-order valence-electron chi connectivity index (χ0n) is 14.3. The summed E-state index contributed by atoms with van der Waals surface area (Å²) in [6.07, 6.45) is 5.00. The number of carbonyl (C=O) groups is 2. The van der Waals surface area contributed by atoms with Crippen LogP contribution in [0.1, 0.15) is 49.4 Å². The molecule has 0 radical (unpaired) electrons. The van der Waals surface area contributed by atoms with E-state index in [-0.39, 0.29) is 10.6 Å². The predicted octanol–water partition coefficient (Wildman–Crippen LogP) is 3.95. The summed E-state index contributed by atoms with van der Waals surface area (Å²) in [5.74, 6) is -1.12. The van der Waals surface area contributed by atoms with Gasteiger partial charge in [0.15, 0.2) is 6.10 Å². The lowest BCUT2D eigenvalue weighted by atomic mass is 9.83. The Morgan fingerprint density at radius 1 is 1.36 bits per heavy atom. The molecule has 7 heteroatoms. The molecule has 134 valence electrons. The van der Waals surface area contributed by atoms with Crippen LogP contribution in [0.25, 0.3) is 0 Å². The lowest BCUT2D eigenvalue weighted by Gasteiger charge is -2.32. The number of nitrogens with zero attached hydrogens (tertiary/aromatic N) is 1. The van der Waals surface area contributed by atoms with Crippen molar-refractivity contribution in [3.05, 3.63) is 28.8 Å². The van der Waals surface area contributed by atoms with Gasteiger partial charge in [0.25, 0.3) is 5.91 Å². The van der Waals surface area contributed by atoms with Crippen LogP contribution in [-0.4, -0.2) is 29.8 Å². The number of benzene rings is 1. The van der Waals surface area contributed by atoms with E-state index in [1.807, 2.05) is 6.26 Å². The summed E-state index contributed by atoms with van der Waals surface area (Å²) in [5.41, 5.74) is -0.632. The summed E-state index contributed by atoms with van der Waals surface area (Å²) in [6, 6.07) is 7.28. The van der Waals surface area contributed by atoms with Gasteiger partial charge in [-0.05, 0) is 44.2 Å². The van der Waals surface area contributed by atoms with Crippen molar-refractivity contribution >= 4 is 35.2 Å². The molecular formula is C18H21ClN2O3S. The first-order valence-corrected chi connectivity index (χ1v) is 9.79. The summed E-state index contributed by atoms with van der Waals surface area (Å²) in [5, 5.41) is 12.5. The lowest BCUT2D eigenvalue weighted by molar-refractivity contribution is -0.130. The SMILES string of the molecule is CSc1ccc(Cl)c(C(=O)O[C@H](C)C(=O)NC2(C#N)CCCCC2)c1. The van der Waals surface area contributed by atoms with Crippen LogP contribution in [-0.2, 0) is 9.53 Å². The molecule has 1 saturated carbocycles. The quantitative estimate of drug-likeness (QED) is 0.618. The van der Waals surface area contributed by atoms with Crippen molar-refractivity contribution in [3.63, 3.8) is 0 Å². The molecular weight excluding hydrogens is 360 g/mol. The predicted molar refractivity (Wildman–Crippen MR) is 97.7 cm³/mol. The van der Waals surface area contributed by atoms with Gasteiger partial charge in [0.2, 0.25) is 0 Å². The molecule has 0 aromatic heterocycles. The second kappa shape index (κ2) is 8.59. The molecule has 25 heavy (non-hydrogen) atoms. The number of nitrogens with one attached hydrogen (secondary N) is 1. The van der Waals surface area contributed by atoms with Crippen LogP contribution in [0, 0.1) is 11.3 Å². The normalized spacial score (nSPS) is 17.2. The van der Waals surface area contributed by atoms with Gasteiger partial charge in [-0.15, -0.1) is 11.8 Å². The van der Waals surface area contributed by atoms with Gasteiger partial charge in [-0.3, -0.25) is 4.79 Å². The Labute approximate surface area is 157 Å². The summed E-state index contributed by atoms with van der Waals surface area (Å²) in [4.78, 5) is 25.6. The van der Waals surface area contributed by atoms with Crippen LogP contribution in [0.5, 0.6) is 0 Å². The minimum atomic E-state index is -1.01. The van der Waals surface area contributed by atoms with Crippen molar-refractivity contribution in [2.45, 2.75) is 55.6 Å². The molecule has 0 heterocycles. The minimum Gasteiger partial charge on any atom is -0.449 e. The molecule has 5 nitrogen and oxygen atoms in total. The van der Waals surface area contributed by atoms with Gasteiger partial charge in [-0.1, -0.05) is 30.9 Å². The molecule has 0 spiro atoms. The van der Waals surface area contributed by atoms with Crippen molar-refractivity contribution in [2.24, 2.45) is 0 Å². The van der Waals surface area contributed by atoms with Gasteiger partial charge in [-0.25, -0.2) is 4.79 Å². The highest BCUT2D eigenvalue weighted by Gasteiger charge is 2.35. The Morgan fingerprint density at radius 2 is 2.04 bits per heavy atom. The average Bonchev–Trinajstić information content (AvgIpc) is 2.62. The van der Waals surface area contributed by atoms with Gasteiger partial charge < -0.3 is 10.1 Å². The van der Waals surface area contributed by atoms with Crippen molar-refractivity contribution in [2.75, 3.05) is 6.26 Å². The van der Waals surface area contributed by atoms with Gasteiger partial charge in [0.05, 0.1) is 16.7 Å². The number of rotatable bonds is 5. The highest BCUT2D eigenvalue weighted by atomic mass is 35.5. The molecule has 1 atom stereocenters. The smallest absolute Gasteiger partial charge is 0.340 e. The molecule has 1 aliphatic rings. The summed E-state index contributed by atoms with van der Waals surface area (Å²) < 4.78 is 5.26. The van der Waals surface area contributed by atoms with E-state index in [2.05, 4.69) is 11.4 Å². The van der Waals surface area contributed by atoms with Crippen LogP contribution in [0.4, 0.5) is 0 Å². The van der Waals surface area contributed by atoms with E-state index in [9.17, 15) is 14.9 Å². The minimum absolute atomic E-state index is 0.223. The number of amides is 1. The number of hydrogen-bond acceptors (Lipinski definition) is 5. The molecule has 1 amide bonds. The number of thioether (sulfide) groups is 1. The van der Waals surface area contributed by atoms with Gasteiger partial charge >= 0.3 is 5.97 Å². The fraction of sp³-hybridized carbons (Fsp3) is 0.500. The van der Waals surface area contributed by atoms with E-state index >= 15 is 0 Å². The first kappa shape index (κ1) is 19.6. The van der Waals surface area contributed by atoms with Crippen LogP contribution in [0.15, 0.2) is 23.1 Å². The molecule has 1 aromatic rings. The second-order valence-electron chi connectivity index (χ2n) is 6.14. The Balaban J connectivity index is 2.03. The topological polar surface area (TPSA) is 79.2 Å². The third-order valence-electron chi connectivity index (χ3n) is 4.33. The summed E-state index contributed by atoms with van der Waals surface area (Å²) in [7, 11) is 0. The Kier molecular flexibility index (Phi) is 6.74. The van der Waals surface area contributed by atoms with Crippen LogP contribution in [0.2, 0.25) is 5.02 Å². The highest BCUT2D eigenvalue weighted by molar-refractivity contribution is 7.98. The number of esters is 1. The summed E-state index contributed by atoms with van der Waals surface area (Å²) in [6.45, 7) is 1.49. The second-order valence-corrected chi connectivity index (χ2v) is 7.42. The number of carbonyl (C=O) groups excluding carboxylic acids is 2. The molecule has 1 aliphatic carbocycles.